The van der Waals surface area contributed by atoms with E-state index in [9.17, 15) is 18.0 Å². The first-order valence-electron chi connectivity index (χ1n) is 8.84. The number of nitrogens with zero attached hydrogens (tertiary/aromatic N) is 5. The highest BCUT2D eigenvalue weighted by Crippen LogP contribution is 2.35. The minimum Gasteiger partial charge on any atom is -0.479 e. The molecule has 160 valence electrons. The van der Waals surface area contributed by atoms with Crippen LogP contribution >= 0.6 is 11.8 Å². The van der Waals surface area contributed by atoms with Crippen molar-refractivity contribution >= 4 is 23.4 Å². The van der Waals surface area contributed by atoms with Gasteiger partial charge in [-0.15, -0.1) is 15.3 Å². The molecule has 0 aliphatic heterocycles. The number of hydrogen-bond acceptors (Lipinski definition) is 6. The Balaban J connectivity index is 1.74. The number of hydrogen-bond donors (Lipinski definition) is 1. The third-order valence-corrected chi connectivity index (χ3v) is 5.07. The number of nitrogens with one attached hydrogen (secondary N) is 1. The number of aryl methyl sites for hydroxylation is 1. The average Bonchev–Trinajstić information content (AvgIpc) is 3.28. The van der Waals surface area contributed by atoms with Gasteiger partial charge in [0.2, 0.25) is 11.8 Å². The fourth-order valence-electron chi connectivity index (χ4n) is 2.81. The summed E-state index contributed by atoms with van der Waals surface area (Å²) in [5.74, 6) is 0.197. The first-order chi connectivity index (χ1) is 14.2. The monoisotopic (exact) mass is 440 g/mol. The smallest absolute Gasteiger partial charge is 0.418 e. The minimum atomic E-state index is -4.56. The fourth-order valence-corrected chi connectivity index (χ4v) is 3.61. The number of thioether (sulfide) groups is 1. The van der Waals surface area contributed by atoms with Crippen LogP contribution in [0.15, 0.2) is 35.6 Å². The van der Waals surface area contributed by atoms with Gasteiger partial charge in [0.15, 0.2) is 11.0 Å². The highest BCUT2D eigenvalue weighted by Gasteiger charge is 2.33. The van der Waals surface area contributed by atoms with Gasteiger partial charge in [-0.3, -0.25) is 9.48 Å². The van der Waals surface area contributed by atoms with Crippen LogP contribution in [0.4, 0.5) is 18.9 Å². The molecule has 0 aliphatic carbocycles. The molecule has 0 unspecified atom stereocenters. The number of aromatic nitrogens is 5. The van der Waals surface area contributed by atoms with E-state index in [2.05, 4.69) is 20.6 Å². The zero-order chi connectivity index (χ0) is 21.9. The number of alkyl halides is 3. The molecule has 1 aromatic carbocycles. The molecule has 0 radical (unpaired) electrons. The highest BCUT2D eigenvalue weighted by molar-refractivity contribution is 7.99. The zero-order valence-electron chi connectivity index (χ0n) is 16.4. The molecule has 1 N–H and O–H groups in total. The molecular weight excluding hydrogens is 421 g/mol. The molecule has 3 rings (SSSR count). The van der Waals surface area contributed by atoms with Crippen molar-refractivity contribution < 1.29 is 22.7 Å². The Kier molecular flexibility index (Phi) is 6.34. The van der Waals surface area contributed by atoms with E-state index in [0.29, 0.717) is 29.0 Å². The van der Waals surface area contributed by atoms with Gasteiger partial charge in [0.25, 0.3) is 0 Å². The van der Waals surface area contributed by atoms with E-state index < -0.39 is 17.6 Å². The summed E-state index contributed by atoms with van der Waals surface area (Å²) < 4.78 is 47.9. The first kappa shape index (κ1) is 21.7. The van der Waals surface area contributed by atoms with E-state index >= 15 is 0 Å². The quantitative estimate of drug-likeness (QED) is 0.567. The van der Waals surface area contributed by atoms with Gasteiger partial charge in [0.05, 0.1) is 24.1 Å². The van der Waals surface area contributed by atoms with Gasteiger partial charge in [0, 0.05) is 19.8 Å². The van der Waals surface area contributed by atoms with Crippen molar-refractivity contribution in [3.63, 3.8) is 0 Å². The Hall–Kier alpha value is -3.02. The van der Waals surface area contributed by atoms with Crippen molar-refractivity contribution in [1.29, 1.82) is 0 Å². The van der Waals surface area contributed by atoms with Crippen molar-refractivity contribution in [3.8, 4) is 17.3 Å². The maximum Gasteiger partial charge on any atom is 0.418 e. The SMILES string of the molecule is CCn1c(SCC(=O)Nc2ccccc2C(F)(F)F)nnc1-c1cn(C)nc1OC. The predicted molar refractivity (Wildman–Crippen MR) is 105 cm³/mol. The van der Waals surface area contributed by atoms with Crippen LogP contribution in [-0.4, -0.2) is 43.3 Å². The predicted octanol–water partition coefficient (Wildman–Crippen LogP) is 3.46. The standard InChI is InChI=1S/C18H19F3N6O2S/c1-4-27-15(11-9-26(2)25-16(11)29-3)23-24-17(27)30-10-14(28)22-13-8-6-5-7-12(13)18(19,20)21/h5-9H,4,10H2,1-3H3,(H,22,28). The molecule has 3 aromatic rings. The number of benzene rings is 1. The van der Waals surface area contributed by atoms with E-state index in [1.165, 1.54) is 25.3 Å². The van der Waals surface area contributed by atoms with Crippen LogP contribution in [0.3, 0.4) is 0 Å². The lowest BCUT2D eigenvalue weighted by Gasteiger charge is -2.13. The van der Waals surface area contributed by atoms with Crippen molar-refractivity contribution in [2.75, 3.05) is 18.2 Å². The molecule has 0 fully saturated rings. The number of halogens is 3. The Labute approximate surface area is 174 Å². The molecule has 0 bridgehead atoms. The number of carbonyl (C=O) groups excluding carboxylic acids is 1. The molecule has 2 aromatic heterocycles. The summed E-state index contributed by atoms with van der Waals surface area (Å²) in [5.41, 5.74) is -0.538. The molecule has 0 saturated heterocycles. The lowest BCUT2D eigenvalue weighted by molar-refractivity contribution is -0.137. The Morgan fingerprint density at radius 2 is 2.00 bits per heavy atom. The van der Waals surface area contributed by atoms with Crippen molar-refractivity contribution in [3.05, 3.63) is 36.0 Å². The third-order valence-electron chi connectivity index (χ3n) is 4.10. The van der Waals surface area contributed by atoms with Crippen LogP contribution in [-0.2, 0) is 24.6 Å². The van der Waals surface area contributed by atoms with Gasteiger partial charge < -0.3 is 14.6 Å². The Morgan fingerprint density at radius 3 is 2.67 bits per heavy atom. The van der Waals surface area contributed by atoms with Gasteiger partial charge in [0.1, 0.15) is 5.56 Å². The number of rotatable bonds is 7. The Morgan fingerprint density at radius 1 is 1.27 bits per heavy atom. The van der Waals surface area contributed by atoms with Crippen molar-refractivity contribution in [1.82, 2.24) is 24.5 Å². The van der Waals surface area contributed by atoms with E-state index in [-0.39, 0.29) is 11.4 Å². The van der Waals surface area contributed by atoms with Crippen LogP contribution < -0.4 is 10.1 Å². The molecule has 0 atom stereocenters. The number of ether oxygens (including phenoxy) is 1. The molecule has 8 nitrogen and oxygen atoms in total. The molecule has 2 heterocycles. The summed E-state index contributed by atoms with van der Waals surface area (Å²) in [7, 11) is 3.24. The van der Waals surface area contributed by atoms with E-state index in [0.717, 1.165) is 17.8 Å². The lowest BCUT2D eigenvalue weighted by atomic mass is 10.1. The number of anilines is 1. The van der Waals surface area contributed by atoms with Crippen LogP contribution in [0, 0.1) is 0 Å². The second-order valence-corrected chi connectivity index (χ2v) is 7.10. The maximum atomic E-state index is 13.1. The molecule has 1 amide bonds. The second kappa shape index (κ2) is 8.78. The van der Waals surface area contributed by atoms with Crippen LogP contribution in [0.1, 0.15) is 12.5 Å². The Bertz CT molecular complexity index is 1050. The summed E-state index contributed by atoms with van der Waals surface area (Å²) in [6.45, 7) is 2.40. The molecule has 12 heteroatoms. The highest BCUT2D eigenvalue weighted by atomic mass is 32.2. The average molecular weight is 440 g/mol. The van der Waals surface area contributed by atoms with Crippen molar-refractivity contribution in [2.24, 2.45) is 7.05 Å². The summed E-state index contributed by atoms with van der Waals surface area (Å²) >= 11 is 1.08. The minimum absolute atomic E-state index is 0.130. The van der Waals surface area contributed by atoms with Gasteiger partial charge in [-0.25, -0.2) is 0 Å². The van der Waals surface area contributed by atoms with Crippen LogP contribution in [0.25, 0.3) is 11.4 Å². The van der Waals surface area contributed by atoms with Gasteiger partial charge in [-0.05, 0) is 19.1 Å². The normalized spacial score (nSPS) is 11.5. The van der Waals surface area contributed by atoms with Crippen LogP contribution in [0.5, 0.6) is 5.88 Å². The summed E-state index contributed by atoms with van der Waals surface area (Å²) in [5, 5.41) is 15.2. The molecule has 30 heavy (non-hydrogen) atoms. The molecular formula is C18H19F3N6O2S. The van der Waals surface area contributed by atoms with Gasteiger partial charge in [-0.2, -0.15) is 13.2 Å². The molecule has 0 spiro atoms. The summed E-state index contributed by atoms with van der Waals surface area (Å²) in [6.07, 6.45) is -2.82. The molecule has 0 saturated carbocycles. The number of methoxy groups -OCH3 is 1. The number of carbonyl (C=O) groups is 1. The van der Waals surface area contributed by atoms with Gasteiger partial charge in [-0.1, -0.05) is 23.9 Å². The summed E-state index contributed by atoms with van der Waals surface area (Å²) in [4.78, 5) is 12.3. The third kappa shape index (κ3) is 4.58. The fraction of sp³-hybridized carbons (Fsp3) is 0.333. The number of para-hydroxylation sites is 1. The first-order valence-corrected chi connectivity index (χ1v) is 9.83. The van der Waals surface area contributed by atoms with E-state index in [4.69, 9.17) is 4.74 Å². The van der Waals surface area contributed by atoms with Gasteiger partial charge >= 0.3 is 6.18 Å². The topological polar surface area (TPSA) is 86.9 Å². The zero-order valence-corrected chi connectivity index (χ0v) is 17.2. The maximum absolute atomic E-state index is 13.1. The second-order valence-electron chi connectivity index (χ2n) is 6.16. The lowest BCUT2D eigenvalue weighted by Crippen LogP contribution is -2.18. The van der Waals surface area contributed by atoms with Crippen LogP contribution in [0.2, 0.25) is 0 Å². The van der Waals surface area contributed by atoms with E-state index in [1.807, 2.05) is 6.92 Å². The largest absolute Gasteiger partial charge is 0.479 e. The van der Waals surface area contributed by atoms with Crippen molar-refractivity contribution in [2.45, 2.75) is 24.8 Å². The van der Waals surface area contributed by atoms with E-state index in [1.54, 1.807) is 22.5 Å². The number of amides is 1. The summed E-state index contributed by atoms with van der Waals surface area (Å²) in [6, 6.07) is 4.83. The molecule has 0 aliphatic rings.